The lowest BCUT2D eigenvalue weighted by molar-refractivity contribution is -0.138. The quantitative estimate of drug-likeness (QED) is 0.169. The molecule has 0 saturated heterocycles. The van der Waals surface area contributed by atoms with Crippen molar-refractivity contribution in [1.29, 1.82) is 0 Å². The molecule has 0 spiro atoms. The lowest BCUT2D eigenvalue weighted by atomic mass is 10.1. The normalized spacial score (nSPS) is 11.9. The molecule has 30 heavy (non-hydrogen) atoms. The van der Waals surface area contributed by atoms with E-state index in [9.17, 15) is 17.6 Å². The fourth-order valence-electron chi connectivity index (χ4n) is 2.48. The van der Waals surface area contributed by atoms with Crippen molar-refractivity contribution in [1.82, 2.24) is 25.4 Å². The highest BCUT2D eigenvalue weighted by molar-refractivity contribution is 14.0. The zero-order valence-electron chi connectivity index (χ0n) is 16.9. The molecule has 2 aromatic rings. The fraction of sp³-hybridized carbons (Fsp3) is 0.500. The molecule has 0 unspecified atom stereocenters. The van der Waals surface area contributed by atoms with Gasteiger partial charge in [0.25, 0.3) is 0 Å². The first-order valence-corrected chi connectivity index (χ1v) is 10.3. The number of nitrogens with zero attached hydrogens (tertiary/aromatic N) is 4. The average molecular weight is 560 g/mol. The van der Waals surface area contributed by atoms with Gasteiger partial charge in [-0.1, -0.05) is 6.07 Å². The van der Waals surface area contributed by atoms with E-state index in [2.05, 4.69) is 25.8 Å². The van der Waals surface area contributed by atoms with Crippen LogP contribution in [0.15, 0.2) is 23.2 Å². The van der Waals surface area contributed by atoms with Gasteiger partial charge in [-0.25, -0.2) is 9.38 Å². The Labute approximate surface area is 194 Å². The van der Waals surface area contributed by atoms with Crippen molar-refractivity contribution in [2.75, 3.05) is 18.6 Å². The number of benzene rings is 1. The number of halogens is 5. The highest BCUT2D eigenvalue weighted by atomic mass is 127. The van der Waals surface area contributed by atoms with Gasteiger partial charge >= 0.3 is 6.18 Å². The molecule has 1 heterocycles. The van der Waals surface area contributed by atoms with Gasteiger partial charge in [-0.2, -0.15) is 24.9 Å². The van der Waals surface area contributed by atoms with Gasteiger partial charge in [0.05, 0.1) is 18.7 Å². The third kappa shape index (κ3) is 7.93. The number of rotatable bonds is 8. The maximum Gasteiger partial charge on any atom is 0.416 e. The Kier molecular flexibility index (Phi) is 10.9. The molecule has 0 fully saturated rings. The Balaban J connectivity index is 0.00000450. The summed E-state index contributed by atoms with van der Waals surface area (Å²) in [4.78, 5) is 4.25. The van der Waals surface area contributed by atoms with Gasteiger partial charge in [-0.3, -0.25) is 0 Å². The summed E-state index contributed by atoms with van der Waals surface area (Å²) in [7, 11) is 1.82. The summed E-state index contributed by atoms with van der Waals surface area (Å²) in [5.41, 5.74) is -1.12. The molecule has 168 valence electrons. The van der Waals surface area contributed by atoms with E-state index in [-0.39, 0.29) is 36.1 Å². The van der Waals surface area contributed by atoms with Gasteiger partial charge in [0.2, 0.25) is 0 Å². The third-order valence-corrected chi connectivity index (χ3v) is 4.90. The summed E-state index contributed by atoms with van der Waals surface area (Å²) in [6.07, 6.45) is -1.78. The zero-order chi connectivity index (χ0) is 21.4. The first-order valence-electron chi connectivity index (χ1n) is 8.94. The molecule has 0 radical (unpaired) electrons. The van der Waals surface area contributed by atoms with Crippen molar-refractivity contribution in [2.24, 2.45) is 12.0 Å². The van der Waals surface area contributed by atoms with Gasteiger partial charge < -0.3 is 15.2 Å². The van der Waals surface area contributed by atoms with E-state index in [4.69, 9.17) is 0 Å². The van der Waals surface area contributed by atoms with Crippen LogP contribution in [0.4, 0.5) is 17.6 Å². The molecule has 1 aromatic carbocycles. The van der Waals surface area contributed by atoms with E-state index in [0.29, 0.717) is 30.9 Å². The molecule has 0 amide bonds. The minimum Gasteiger partial charge on any atom is -0.356 e. The molecule has 2 N–H and O–H groups in total. The third-order valence-electron chi connectivity index (χ3n) is 4.20. The topological polar surface area (TPSA) is 67.1 Å². The summed E-state index contributed by atoms with van der Waals surface area (Å²) < 4.78 is 54.7. The van der Waals surface area contributed by atoms with Crippen molar-refractivity contribution in [3.05, 3.63) is 46.8 Å². The molecule has 6 nitrogen and oxygen atoms in total. The highest BCUT2D eigenvalue weighted by Crippen LogP contribution is 2.32. The van der Waals surface area contributed by atoms with Crippen LogP contribution in [-0.2, 0) is 26.3 Å². The summed E-state index contributed by atoms with van der Waals surface area (Å²) in [5, 5.41) is 14.2. The van der Waals surface area contributed by atoms with Crippen molar-refractivity contribution in [2.45, 2.75) is 32.6 Å². The van der Waals surface area contributed by atoms with Crippen molar-refractivity contribution >= 4 is 41.7 Å². The van der Waals surface area contributed by atoms with E-state index in [1.807, 2.05) is 20.2 Å². The van der Waals surface area contributed by atoms with Crippen LogP contribution in [0.25, 0.3) is 0 Å². The molecule has 0 bridgehead atoms. The Morgan fingerprint density at radius 1 is 1.23 bits per heavy atom. The number of aryl methyl sites for hydroxylation is 1. The van der Waals surface area contributed by atoms with Crippen LogP contribution >= 0.6 is 35.7 Å². The molecule has 0 aliphatic rings. The van der Waals surface area contributed by atoms with Crippen LogP contribution < -0.4 is 10.6 Å². The molecular weight excluding hydrogens is 535 g/mol. The number of guanidine groups is 1. The standard InChI is InChI=1S/C18H24F4N6S.HI/c1-12-26-27-16(28(12)2)11-25-17(23-7-4-8-29-3)24-10-13-5-6-14(19)9-15(13)18(20,21)22;/h5-6,9H,4,7-8,10-11H2,1-3H3,(H2,23,24,25);1H. The van der Waals surface area contributed by atoms with Crippen molar-refractivity contribution < 1.29 is 17.6 Å². The van der Waals surface area contributed by atoms with E-state index < -0.39 is 17.6 Å². The van der Waals surface area contributed by atoms with Crippen LogP contribution in [0.5, 0.6) is 0 Å². The van der Waals surface area contributed by atoms with Gasteiger partial charge in [-0.15, -0.1) is 34.2 Å². The van der Waals surface area contributed by atoms with Gasteiger partial charge in [0, 0.05) is 13.6 Å². The number of nitrogens with one attached hydrogen (secondary N) is 2. The monoisotopic (exact) mass is 560 g/mol. The Bertz CT molecular complexity index is 841. The van der Waals surface area contributed by atoms with Gasteiger partial charge in [0.15, 0.2) is 11.8 Å². The van der Waals surface area contributed by atoms with E-state index in [1.54, 1.807) is 16.3 Å². The lowest BCUT2D eigenvalue weighted by Gasteiger charge is -2.14. The highest BCUT2D eigenvalue weighted by Gasteiger charge is 2.33. The summed E-state index contributed by atoms with van der Waals surface area (Å²) >= 11 is 1.70. The predicted octanol–water partition coefficient (Wildman–Crippen LogP) is 3.89. The fourth-order valence-corrected chi connectivity index (χ4v) is 2.91. The molecular formula is C18H25F4IN6S. The largest absolute Gasteiger partial charge is 0.416 e. The van der Waals surface area contributed by atoms with Crippen molar-refractivity contribution in [3.63, 3.8) is 0 Å². The lowest BCUT2D eigenvalue weighted by Crippen LogP contribution is -2.38. The minimum atomic E-state index is -4.65. The molecule has 2 rings (SSSR count). The minimum absolute atomic E-state index is 0. The van der Waals surface area contributed by atoms with Gasteiger partial charge in [-0.05, 0) is 43.0 Å². The maximum atomic E-state index is 13.3. The van der Waals surface area contributed by atoms with Crippen LogP contribution in [-0.4, -0.2) is 39.3 Å². The predicted molar refractivity (Wildman–Crippen MR) is 122 cm³/mol. The molecule has 0 aliphatic heterocycles. The number of alkyl halides is 3. The molecule has 12 heteroatoms. The number of hydrogen-bond acceptors (Lipinski definition) is 4. The smallest absolute Gasteiger partial charge is 0.356 e. The molecule has 0 atom stereocenters. The second kappa shape index (κ2) is 12.3. The second-order valence-corrected chi connectivity index (χ2v) is 7.30. The number of aromatic nitrogens is 3. The zero-order valence-corrected chi connectivity index (χ0v) is 20.0. The Morgan fingerprint density at radius 3 is 2.57 bits per heavy atom. The summed E-state index contributed by atoms with van der Waals surface area (Å²) in [5.74, 6) is 1.77. The molecule has 0 saturated carbocycles. The summed E-state index contributed by atoms with van der Waals surface area (Å²) in [6.45, 7) is 2.49. The SMILES string of the molecule is CSCCCNC(=NCc1ccc(F)cc1C(F)(F)F)NCc1nnc(C)n1C.I. The van der Waals surface area contributed by atoms with E-state index in [1.165, 1.54) is 0 Å². The van der Waals surface area contributed by atoms with Crippen LogP contribution in [0.2, 0.25) is 0 Å². The Hall–Kier alpha value is -1.57. The van der Waals surface area contributed by atoms with E-state index in [0.717, 1.165) is 30.1 Å². The number of aliphatic imine (C=N–C) groups is 1. The van der Waals surface area contributed by atoms with Crippen LogP contribution in [0, 0.1) is 12.7 Å². The van der Waals surface area contributed by atoms with E-state index >= 15 is 0 Å². The first kappa shape index (κ1) is 26.5. The first-order chi connectivity index (χ1) is 13.7. The maximum absolute atomic E-state index is 13.3. The average Bonchev–Trinajstić information content (AvgIpc) is 2.98. The molecule has 1 aromatic heterocycles. The van der Waals surface area contributed by atoms with Crippen LogP contribution in [0.3, 0.4) is 0 Å². The van der Waals surface area contributed by atoms with Crippen molar-refractivity contribution in [3.8, 4) is 0 Å². The van der Waals surface area contributed by atoms with Crippen LogP contribution in [0.1, 0.15) is 29.2 Å². The number of hydrogen-bond donors (Lipinski definition) is 2. The molecule has 0 aliphatic carbocycles. The second-order valence-electron chi connectivity index (χ2n) is 6.31. The number of thioether (sulfide) groups is 1. The summed E-state index contributed by atoms with van der Waals surface area (Å²) in [6, 6.07) is 2.60. The Morgan fingerprint density at radius 2 is 1.97 bits per heavy atom. The van der Waals surface area contributed by atoms with Gasteiger partial charge in [0.1, 0.15) is 11.6 Å².